The van der Waals surface area contributed by atoms with E-state index in [2.05, 4.69) is 111 Å². The Kier molecular flexibility index (Phi) is 5.82. The minimum atomic E-state index is 0.925. The van der Waals surface area contributed by atoms with Crippen LogP contribution in [0.2, 0.25) is 0 Å². The second-order valence-corrected chi connectivity index (χ2v) is 9.47. The van der Waals surface area contributed by atoms with Crippen LogP contribution in [0.25, 0.3) is 44.2 Å². The zero-order chi connectivity index (χ0) is 25.4. The van der Waals surface area contributed by atoms with Crippen molar-refractivity contribution in [2.45, 2.75) is 20.8 Å². The Morgan fingerprint density at radius 1 is 0.649 bits per heavy atom. The van der Waals surface area contributed by atoms with E-state index in [0.29, 0.717) is 0 Å². The van der Waals surface area contributed by atoms with Gasteiger partial charge in [0.05, 0.1) is 22.4 Å². The molecule has 0 fully saturated rings. The van der Waals surface area contributed by atoms with Crippen molar-refractivity contribution in [2.24, 2.45) is 4.99 Å². The van der Waals surface area contributed by atoms with Crippen LogP contribution in [-0.2, 0) is 0 Å². The highest BCUT2D eigenvalue weighted by atomic mass is 14.8. The third-order valence-electron chi connectivity index (χ3n) is 6.98. The number of benzene rings is 4. The molecule has 0 unspecified atom stereocenters. The first-order valence-electron chi connectivity index (χ1n) is 12.5. The minimum Gasteiger partial charge on any atom is -0.254 e. The Morgan fingerprint density at radius 2 is 1.38 bits per heavy atom. The number of fused-ring (bicyclic) bond motifs is 3. The zero-order valence-electron chi connectivity index (χ0n) is 21.2. The fraction of sp³-hybridized carbons (Fsp3) is 0.0882. The molecule has 0 aliphatic carbocycles. The smallest absolute Gasteiger partial charge is 0.0972 e. The molecular weight excluding hydrogens is 450 g/mol. The van der Waals surface area contributed by atoms with Gasteiger partial charge in [0.1, 0.15) is 0 Å². The van der Waals surface area contributed by atoms with Crippen LogP contribution in [0.15, 0.2) is 114 Å². The first kappa shape index (κ1) is 22.8. The predicted molar refractivity (Wildman–Crippen MR) is 156 cm³/mol. The highest BCUT2D eigenvalue weighted by Gasteiger charge is 2.14. The number of aromatic nitrogens is 2. The molecule has 0 amide bonds. The number of para-hydroxylation sites is 1. The van der Waals surface area contributed by atoms with Gasteiger partial charge in [-0.1, -0.05) is 78.9 Å². The number of nitrogens with zero attached hydrogens (tertiary/aromatic N) is 3. The molecule has 0 atom stereocenters. The van der Waals surface area contributed by atoms with E-state index in [0.717, 1.165) is 61.2 Å². The molecule has 0 radical (unpaired) electrons. The SMILES string of the molecule is C/C(=N\c1ccccc1C)c1ccc(-c2ccc3ccc4cccnc4c3n2)cc1-c1ccccc1C. The number of hydrogen-bond donors (Lipinski definition) is 0. The number of hydrogen-bond acceptors (Lipinski definition) is 3. The van der Waals surface area contributed by atoms with Crippen molar-refractivity contribution in [1.82, 2.24) is 9.97 Å². The van der Waals surface area contributed by atoms with Crippen LogP contribution in [0.4, 0.5) is 5.69 Å². The Morgan fingerprint density at radius 3 is 2.19 bits per heavy atom. The van der Waals surface area contributed by atoms with E-state index >= 15 is 0 Å². The van der Waals surface area contributed by atoms with Gasteiger partial charge < -0.3 is 0 Å². The molecule has 3 heteroatoms. The Balaban J connectivity index is 1.54. The highest BCUT2D eigenvalue weighted by Crippen LogP contribution is 2.33. The molecule has 2 heterocycles. The molecule has 178 valence electrons. The van der Waals surface area contributed by atoms with Gasteiger partial charge >= 0.3 is 0 Å². The van der Waals surface area contributed by atoms with Gasteiger partial charge in [0.15, 0.2) is 0 Å². The van der Waals surface area contributed by atoms with Crippen molar-refractivity contribution in [1.29, 1.82) is 0 Å². The van der Waals surface area contributed by atoms with Gasteiger partial charge in [-0.05, 0) is 67.3 Å². The normalized spacial score (nSPS) is 11.8. The van der Waals surface area contributed by atoms with Crippen LogP contribution in [0.1, 0.15) is 23.6 Å². The van der Waals surface area contributed by atoms with Crippen molar-refractivity contribution in [2.75, 3.05) is 0 Å². The fourth-order valence-corrected chi connectivity index (χ4v) is 4.93. The molecule has 3 nitrogen and oxygen atoms in total. The van der Waals surface area contributed by atoms with Gasteiger partial charge in [0, 0.05) is 33.8 Å². The summed E-state index contributed by atoms with van der Waals surface area (Å²) in [6.07, 6.45) is 1.83. The second kappa shape index (κ2) is 9.44. The Bertz CT molecular complexity index is 1810. The number of aliphatic imine (C=N–C) groups is 1. The standard InChI is InChI=1S/C34H27N3/c1-22-9-4-6-12-28(22)30-21-27(16-18-29(30)24(3)36-31-13-7-5-10-23(31)2)32-19-17-26-15-14-25-11-8-20-35-33(25)34(26)37-32/h4-21H,1-3H3/b36-24+. The van der Waals surface area contributed by atoms with Gasteiger partial charge in [-0.15, -0.1) is 0 Å². The van der Waals surface area contributed by atoms with Crippen molar-refractivity contribution in [3.63, 3.8) is 0 Å². The molecule has 0 bridgehead atoms. The van der Waals surface area contributed by atoms with E-state index in [-0.39, 0.29) is 0 Å². The molecule has 2 aromatic heterocycles. The predicted octanol–water partition coefficient (Wildman–Crippen LogP) is 8.87. The summed E-state index contributed by atoms with van der Waals surface area (Å²) >= 11 is 0. The first-order chi connectivity index (χ1) is 18.1. The van der Waals surface area contributed by atoms with Crippen LogP contribution in [-0.4, -0.2) is 15.7 Å². The van der Waals surface area contributed by atoms with Crippen LogP contribution in [0.5, 0.6) is 0 Å². The maximum absolute atomic E-state index is 5.09. The van der Waals surface area contributed by atoms with Gasteiger partial charge in [0.25, 0.3) is 0 Å². The highest BCUT2D eigenvalue weighted by molar-refractivity contribution is 6.07. The lowest BCUT2D eigenvalue weighted by Gasteiger charge is -2.15. The Labute approximate surface area is 217 Å². The lowest BCUT2D eigenvalue weighted by Crippen LogP contribution is -2.00. The minimum absolute atomic E-state index is 0.925. The number of pyridine rings is 2. The molecule has 0 N–H and O–H groups in total. The fourth-order valence-electron chi connectivity index (χ4n) is 4.93. The third kappa shape index (κ3) is 4.30. The molecule has 0 aliphatic heterocycles. The van der Waals surface area contributed by atoms with E-state index in [1.54, 1.807) is 0 Å². The van der Waals surface area contributed by atoms with Crippen molar-refractivity contribution in [3.8, 4) is 22.4 Å². The summed E-state index contributed by atoms with van der Waals surface area (Å²) in [7, 11) is 0. The van der Waals surface area contributed by atoms with E-state index in [1.807, 2.05) is 24.4 Å². The molecule has 6 aromatic rings. The first-order valence-corrected chi connectivity index (χ1v) is 12.5. The Hall–Kier alpha value is -4.63. The van der Waals surface area contributed by atoms with Crippen LogP contribution in [0.3, 0.4) is 0 Å². The second-order valence-electron chi connectivity index (χ2n) is 9.47. The summed E-state index contributed by atoms with van der Waals surface area (Å²) in [6, 6.07) is 35.9. The van der Waals surface area contributed by atoms with E-state index < -0.39 is 0 Å². The average molecular weight is 478 g/mol. The number of aryl methyl sites for hydroxylation is 2. The molecule has 0 saturated heterocycles. The molecular formula is C34H27N3. The summed E-state index contributed by atoms with van der Waals surface area (Å²) in [5.74, 6) is 0. The molecule has 4 aromatic carbocycles. The van der Waals surface area contributed by atoms with E-state index in [4.69, 9.17) is 9.98 Å². The van der Waals surface area contributed by atoms with Gasteiger partial charge in [0.2, 0.25) is 0 Å². The maximum Gasteiger partial charge on any atom is 0.0972 e. The van der Waals surface area contributed by atoms with Crippen molar-refractivity contribution in [3.05, 3.63) is 126 Å². The maximum atomic E-state index is 5.09. The molecule has 0 saturated carbocycles. The van der Waals surface area contributed by atoms with Crippen LogP contribution < -0.4 is 0 Å². The van der Waals surface area contributed by atoms with Gasteiger partial charge in [-0.2, -0.15) is 0 Å². The summed E-state index contributed by atoms with van der Waals surface area (Å²) in [5.41, 5.74) is 11.7. The zero-order valence-corrected chi connectivity index (χ0v) is 21.2. The molecule has 0 spiro atoms. The molecule has 6 rings (SSSR count). The van der Waals surface area contributed by atoms with Crippen molar-refractivity contribution < 1.29 is 0 Å². The lowest BCUT2D eigenvalue weighted by molar-refractivity contribution is 1.36. The third-order valence-corrected chi connectivity index (χ3v) is 6.98. The summed E-state index contributed by atoms with van der Waals surface area (Å²) in [5, 5.41) is 2.19. The van der Waals surface area contributed by atoms with Crippen LogP contribution >= 0.6 is 0 Å². The van der Waals surface area contributed by atoms with E-state index in [1.165, 1.54) is 11.1 Å². The largest absolute Gasteiger partial charge is 0.254 e. The summed E-state index contributed by atoms with van der Waals surface area (Å²) in [4.78, 5) is 14.7. The monoisotopic (exact) mass is 477 g/mol. The number of rotatable bonds is 4. The average Bonchev–Trinajstić information content (AvgIpc) is 2.94. The van der Waals surface area contributed by atoms with Crippen molar-refractivity contribution >= 4 is 33.2 Å². The topological polar surface area (TPSA) is 38.1 Å². The summed E-state index contributed by atoms with van der Waals surface area (Å²) < 4.78 is 0. The van der Waals surface area contributed by atoms with Gasteiger partial charge in [-0.3, -0.25) is 9.98 Å². The molecule has 0 aliphatic rings. The lowest BCUT2D eigenvalue weighted by atomic mass is 9.91. The van der Waals surface area contributed by atoms with Gasteiger partial charge in [-0.25, -0.2) is 4.98 Å². The summed E-state index contributed by atoms with van der Waals surface area (Å²) in [6.45, 7) is 6.35. The quantitative estimate of drug-likeness (QED) is 0.188. The van der Waals surface area contributed by atoms with Crippen LogP contribution in [0, 0.1) is 13.8 Å². The molecule has 37 heavy (non-hydrogen) atoms. The van der Waals surface area contributed by atoms with E-state index in [9.17, 15) is 0 Å².